The van der Waals surface area contributed by atoms with E-state index in [0.29, 0.717) is 12.4 Å². The van der Waals surface area contributed by atoms with Crippen LogP contribution in [0.1, 0.15) is 32.1 Å². The fraction of sp³-hybridized carbons (Fsp3) is 0.524. The minimum absolute atomic E-state index is 0.130. The van der Waals surface area contributed by atoms with Crippen molar-refractivity contribution in [2.75, 3.05) is 44.8 Å². The van der Waals surface area contributed by atoms with Crippen molar-refractivity contribution in [3.63, 3.8) is 0 Å². The molecular weight excluding hydrogens is 358 g/mol. The molecule has 1 aliphatic rings. The third-order valence-corrected chi connectivity index (χ3v) is 4.58. The summed E-state index contributed by atoms with van der Waals surface area (Å²) in [5.41, 5.74) is 0.769. The van der Waals surface area contributed by atoms with Crippen molar-refractivity contribution >= 4 is 11.7 Å². The number of nitrogens with zero attached hydrogens (tertiary/aromatic N) is 2. The maximum Gasteiger partial charge on any atom is 0.230 e. The van der Waals surface area contributed by atoms with Crippen LogP contribution in [0.4, 0.5) is 5.82 Å². The molecule has 0 aliphatic carbocycles. The van der Waals surface area contributed by atoms with Crippen molar-refractivity contribution in [3.05, 3.63) is 41.7 Å². The zero-order valence-corrected chi connectivity index (χ0v) is 16.9. The lowest BCUT2D eigenvalue weighted by atomic mass is 9.93. The molecule has 1 aliphatic heterocycles. The Labute approximate surface area is 166 Å². The molecule has 1 saturated heterocycles. The van der Waals surface area contributed by atoms with E-state index >= 15 is 0 Å². The first-order chi connectivity index (χ1) is 13.4. The molecular formula is C21H29N3O4. The molecule has 1 amide bonds. The SMILES string of the molecule is CC(C)(C)c1cc(NC(=O)Cc2ccc(OCCN3CCOCC3)cc2)no1. The average Bonchev–Trinajstić information content (AvgIpc) is 3.13. The Kier molecular flexibility index (Phi) is 6.70. The first-order valence-corrected chi connectivity index (χ1v) is 9.69. The lowest BCUT2D eigenvalue weighted by molar-refractivity contribution is -0.115. The largest absolute Gasteiger partial charge is 0.492 e. The molecule has 3 rings (SSSR count). The maximum absolute atomic E-state index is 12.2. The van der Waals surface area contributed by atoms with Gasteiger partial charge in [-0.15, -0.1) is 0 Å². The van der Waals surface area contributed by atoms with Gasteiger partial charge in [-0.2, -0.15) is 0 Å². The van der Waals surface area contributed by atoms with Gasteiger partial charge in [0.15, 0.2) is 5.82 Å². The van der Waals surface area contributed by atoms with E-state index in [1.165, 1.54) is 0 Å². The van der Waals surface area contributed by atoms with Crippen LogP contribution in [0.3, 0.4) is 0 Å². The summed E-state index contributed by atoms with van der Waals surface area (Å²) in [5.74, 6) is 1.86. The van der Waals surface area contributed by atoms with E-state index in [0.717, 1.165) is 49.9 Å². The van der Waals surface area contributed by atoms with Crippen molar-refractivity contribution in [3.8, 4) is 5.75 Å². The number of morpholine rings is 1. The van der Waals surface area contributed by atoms with Gasteiger partial charge in [-0.05, 0) is 17.7 Å². The van der Waals surface area contributed by atoms with E-state index in [4.69, 9.17) is 14.0 Å². The lowest BCUT2D eigenvalue weighted by Crippen LogP contribution is -2.38. The molecule has 1 aromatic carbocycles. The Morgan fingerprint density at radius 2 is 1.93 bits per heavy atom. The molecule has 1 fully saturated rings. The van der Waals surface area contributed by atoms with Crippen LogP contribution >= 0.6 is 0 Å². The Balaban J connectivity index is 1.43. The van der Waals surface area contributed by atoms with Crippen LogP contribution < -0.4 is 10.1 Å². The van der Waals surface area contributed by atoms with Gasteiger partial charge < -0.3 is 19.3 Å². The van der Waals surface area contributed by atoms with E-state index in [2.05, 4.69) is 15.4 Å². The minimum Gasteiger partial charge on any atom is -0.492 e. The van der Waals surface area contributed by atoms with Crippen LogP contribution in [0.5, 0.6) is 5.75 Å². The molecule has 152 valence electrons. The van der Waals surface area contributed by atoms with Gasteiger partial charge in [0, 0.05) is 31.1 Å². The van der Waals surface area contributed by atoms with Gasteiger partial charge in [-0.25, -0.2) is 0 Å². The first kappa shape index (κ1) is 20.4. The molecule has 0 radical (unpaired) electrons. The summed E-state index contributed by atoms with van der Waals surface area (Å²) >= 11 is 0. The summed E-state index contributed by atoms with van der Waals surface area (Å²) in [7, 11) is 0. The molecule has 0 bridgehead atoms. The smallest absolute Gasteiger partial charge is 0.230 e. The highest BCUT2D eigenvalue weighted by molar-refractivity contribution is 5.91. The molecule has 1 aromatic heterocycles. The molecule has 0 spiro atoms. The second kappa shape index (κ2) is 9.21. The number of carbonyl (C=O) groups excluding carboxylic acids is 1. The summed E-state index contributed by atoms with van der Waals surface area (Å²) in [6.45, 7) is 11.1. The number of rotatable bonds is 7. The van der Waals surface area contributed by atoms with Crippen LogP contribution in [0.2, 0.25) is 0 Å². The quantitative estimate of drug-likeness (QED) is 0.787. The molecule has 0 saturated carbocycles. The van der Waals surface area contributed by atoms with Gasteiger partial charge >= 0.3 is 0 Å². The number of amides is 1. The van der Waals surface area contributed by atoms with Crippen molar-refractivity contribution < 1.29 is 18.8 Å². The van der Waals surface area contributed by atoms with E-state index in [-0.39, 0.29) is 17.7 Å². The van der Waals surface area contributed by atoms with E-state index in [9.17, 15) is 4.79 Å². The normalized spacial score (nSPS) is 15.4. The third kappa shape index (κ3) is 6.07. The average molecular weight is 387 g/mol. The van der Waals surface area contributed by atoms with Crippen molar-refractivity contribution in [2.24, 2.45) is 0 Å². The van der Waals surface area contributed by atoms with Gasteiger partial charge in [-0.3, -0.25) is 9.69 Å². The zero-order chi connectivity index (χ0) is 20.0. The molecule has 2 aromatic rings. The Bertz CT molecular complexity index is 759. The van der Waals surface area contributed by atoms with Crippen molar-refractivity contribution in [2.45, 2.75) is 32.6 Å². The highest BCUT2D eigenvalue weighted by Gasteiger charge is 2.20. The lowest BCUT2D eigenvalue weighted by Gasteiger charge is -2.26. The summed E-state index contributed by atoms with van der Waals surface area (Å²) in [6.07, 6.45) is 0.270. The molecule has 0 atom stereocenters. The fourth-order valence-electron chi connectivity index (χ4n) is 2.88. The number of nitrogens with one attached hydrogen (secondary N) is 1. The summed E-state index contributed by atoms with van der Waals surface area (Å²) in [4.78, 5) is 14.6. The highest BCUT2D eigenvalue weighted by Crippen LogP contribution is 2.24. The highest BCUT2D eigenvalue weighted by atomic mass is 16.5. The number of hydrogen-bond donors (Lipinski definition) is 1. The van der Waals surface area contributed by atoms with Gasteiger partial charge in [0.05, 0.1) is 19.6 Å². The van der Waals surface area contributed by atoms with Crippen LogP contribution in [0.15, 0.2) is 34.9 Å². The van der Waals surface area contributed by atoms with Crippen LogP contribution in [-0.2, 0) is 21.4 Å². The van der Waals surface area contributed by atoms with Gasteiger partial charge in [0.1, 0.15) is 18.1 Å². The molecule has 0 unspecified atom stereocenters. The van der Waals surface area contributed by atoms with Crippen LogP contribution in [0, 0.1) is 0 Å². The van der Waals surface area contributed by atoms with Crippen LogP contribution in [0.25, 0.3) is 0 Å². The van der Waals surface area contributed by atoms with Gasteiger partial charge in [0.2, 0.25) is 5.91 Å². The number of benzene rings is 1. The van der Waals surface area contributed by atoms with E-state index in [1.807, 2.05) is 45.0 Å². The van der Waals surface area contributed by atoms with Gasteiger partial charge in [0.25, 0.3) is 0 Å². The van der Waals surface area contributed by atoms with Gasteiger partial charge in [-0.1, -0.05) is 38.1 Å². The number of aromatic nitrogens is 1. The van der Waals surface area contributed by atoms with E-state index < -0.39 is 0 Å². The Morgan fingerprint density at radius 1 is 1.21 bits per heavy atom. The van der Waals surface area contributed by atoms with Crippen molar-refractivity contribution in [1.29, 1.82) is 0 Å². The Hall–Kier alpha value is -2.38. The van der Waals surface area contributed by atoms with Crippen LogP contribution in [-0.4, -0.2) is 55.4 Å². The second-order valence-electron chi connectivity index (χ2n) is 8.00. The van der Waals surface area contributed by atoms with E-state index in [1.54, 1.807) is 6.07 Å². The molecule has 1 N–H and O–H groups in total. The number of hydrogen-bond acceptors (Lipinski definition) is 6. The molecule has 28 heavy (non-hydrogen) atoms. The fourth-order valence-corrected chi connectivity index (χ4v) is 2.88. The third-order valence-electron chi connectivity index (χ3n) is 4.58. The summed E-state index contributed by atoms with van der Waals surface area (Å²) < 4.78 is 16.4. The van der Waals surface area contributed by atoms with Crippen molar-refractivity contribution in [1.82, 2.24) is 10.1 Å². The zero-order valence-electron chi connectivity index (χ0n) is 16.9. The monoisotopic (exact) mass is 387 g/mol. The summed E-state index contributed by atoms with van der Waals surface area (Å²) in [6, 6.07) is 9.38. The topological polar surface area (TPSA) is 76.8 Å². The minimum atomic E-state index is -0.145. The second-order valence-corrected chi connectivity index (χ2v) is 8.00. The molecule has 2 heterocycles. The number of anilines is 1. The number of ether oxygens (including phenoxy) is 2. The predicted octanol–water partition coefficient (Wildman–Crippen LogP) is 2.86. The Morgan fingerprint density at radius 3 is 2.57 bits per heavy atom. The summed E-state index contributed by atoms with van der Waals surface area (Å²) in [5, 5.41) is 6.69. The molecule has 7 heteroatoms. The number of carbonyl (C=O) groups is 1. The maximum atomic E-state index is 12.2. The first-order valence-electron chi connectivity index (χ1n) is 9.69. The molecule has 7 nitrogen and oxygen atoms in total. The standard InChI is InChI=1S/C21H29N3O4/c1-21(2,3)18-15-19(23-28-18)22-20(25)14-16-4-6-17(7-5-16)27-13-10-24-8-11-26-12-9-24/h4-7,15H,8-14H2,1-3H3,(H,22,23,25). The predicted molar refractivity (Wildman–Crippen MR) is 107 cm³/mol.